The molecule has 0 amide bonds. The smallest absolute Gasteiger partial charge is 0.372 e. The molecule has 0 fully saturated rings. The molecule has 0 spiro atoms. The molecule has 3 aromatic rings. The molecule has 9 heteroatoms. The predicted octanol–water partition coefficient (Wildman–Crippen LogP) is 3.10. The fourth-order valence-electron chi connectivity index (χ4n) is 2.06. The molecule has 0 radical (unpaired) electrons. The number of imidazole rings is 1. The number of aliphatic hydroxyl groups is 1. The fraction of sp³-hybridized carbons (Fsp3) is 0.154. The van der Waals surface area contributed by atoms with Crippen LogP contribution in [-0.2, 0) is 0 Å². The number of hydrogen-bond acceptors (Lipinski definition) is 6. The number of nitrogens with one attached hydrogen (secondary N) is 1. The number of aromatic nitrogens is 2. The van der Waals surface area contributed by atoms with Gasteiger partial charge in [0.05, 0.1) is 6.10 Å². The summed E-state index contributed by atoms with van der Waals surface area (Å²) in [5, 5.41) is 26.4. The first-order chi connectivity index (χ1) is 10.6. The zero-order chi connectivity index (χ0) is 15.7. The Bertz CT molecular complexity index is 814. The van der Waals surface area contributed by atoms with Crippen LogP contribution >= 0.6 is 22.9 Å². The molecule has 114 valence electrons. The van der Waals surface area contributed by atoms with E-state index < -0.39 is 11.0 Å². The molecule has 0 aliphatic carbocycles. The molecule has 1 aromatic carbocycles. The van der Waals surface area contributed by atoms with Crippen LogP contribution in [0.2, 0.25) is 5.02 Å². The van der Waals surface area contributed by atoms with Crippen LogP contribution in [0.15, 0.2) is 35.8 Å². The standard InChI is InChI=1S/C13H11ClN4O3S/c14-9-3-1-8(2-4-9)10(19)7-15-11-12(18(20)21)17-5-6-22-13(17)16-11/h1-6,10,15,19H,7H2. The van der Waals surface area contributed by atoms with Crippen LogP contribution in [0.4, 0.5) is 11.6 Å². The average molecular weight is 339 g/mol. The van der Waals surface area contributed by atoms with Gasteiger partial charge in [0.25, 0.3) is 4.96 Å². The van der Waals surface area contributed by atoms with Gasteiger partial charge in [0, 0.05) is 16.9 Å². The lowest BCUT2D eigenvalue weighted by Gasteiger charge is -2.11. The van der Waals surface area contributed by atoms with Crippen molar-refractivity contribution in [2.24, 2.45) is 0 Å². The average Bonchev–Trinajstić information content (AvgIpc) is 3.05. The van der Waals surface area contributed by atoms with E-state index in [0.29, 0.717) is 15.5 Å². The third-order valence-corrected chi connectivity index (χ3v) is 4.14. The molecule has 0 bridgehead atoms. The maximum Gasteiger partial charge on any atom is 0.372 e. The van der Waals surface area contributed by atoms with Crippen LogP contribution in [0.3, 0.4) is 0 Å². The van der Waals surface area contributed by atoms with Crippen molar-refractivity contribution in [2.45, 2.75) is 6.10 Å². The summed E-state index contributed by atoms with van der Waals surface area (Å²) in [6.07, 6.45) is 0.767. The van der Waals surface area contributed by atoms with E-state index in [4.69, 9.17) is 11.6 Å². The van der Waals surface area contributed by atoms with E-state index in [2.05, 4.69) is 10.3 Å². The zero-order valence-corrected chi connectivity index (χ0v) is 12.7. The Morgan fingerprint density at radius 3 is 2.86 bits per heavy atom. The minimum absolute atomic E-state index is 0.104. The van der Waals surface area contributed by atoms with Gasteiger partial charge in [0.1, 0.15) is 6.20 Å². The van der Waals surface area contributed by atoms with Crippen molar-refractivity contribution in [1.82, 2.24) is 9.38 Å². The fourth-order valence-corrected chi connectivity index (χ4v) is 2.90. The lowest BCUT2D eigenvalue weighted by atomic mass is 10.1. The molecule has 0 aliphatic rings. The molecule has 1 unspecified atom stereocenters. The summed E-state index contributed by atoms with van der Waals surface area (Å²) in [4.78, 5) is 15.4. The summed E-state index contributed by atoms with van der Waals surface area (Å²) >= 11 is 7.10. The molecule has 0 saturated heterocycles. The lowest BCUT2D eigenvalue weighted by Crippen LogP contribution is -2.13. The Labute approximate surface area is 133 Å². The van der Waals surface area contributed by atoms with Gasteiger partial charge in [-0.15, -0.1) is 0 Å². The number of nitrogens with zero attached hydrogens (tertiary/aromatic N) is 3. The highest BCUT2D eigenvalue weighted by molar-refractivity contribution is 7.15. The molecule has 2 N–H and O–H groups in total. The van der Waals surface area contributed by atoms with Crippen LogP contribution in [0, 0.1) is 10.1 Å². The van der Waals surface area contributed by atoms with E-state index in [1.165, 1.54) is 15.7 Å². The minimum atomic E-state index is -0.823. The van der Waals surface area contributed by atoms with E-state index in [9.17, 15) is 15.2 Å². The van der Waals surface area contributed by atoms with Crippen molar-refractivity contribution in [2.75, 3.05) is 11.9 Å². The topological polar surface area (TPSA) is 92.7 Å². The number of nitro groups is 1. The second kappa shape index (κ2) is 5.91. The first-order valence-electron chi connectivity index (χ1n) is 6.33. The van der Waals surface area contributed by atoms with Crippen LogP contribution in [0.5, 0.6) is 0 Å². The SMILES string of the molecule is O=[N+]([O-])c1c(NCC(O)c2ccc(Cl)cc2)nc2sccn12. The van der Waals surface area contributed by atoms with E-state index in [-0.39, 0.29) is 18.2 Å². The molecule has 2 heterocycles. The molecule has 3 rings (SSSR count). The monoisotopic (exact) mass is 338 g/mol. The number of hydrogen-bond donors (Lipinski definition) is 2. The molecule has 1 atom stereocenters. The van der Waals surface area contributed by atoms with Gasteiger partial charge in [-0.2, -0.15) is 9.38 Å². The molecule has 22 heavy (non-hydrogen) atoms. The second-order valence-corrected chi connectivity index (χ2v) is 5.85. The summed E-state index contributed by atoms with van der Waals surface area (Å²) in [5.74, 6) is 0.00409. The van der Waals surface area contributed by atoms with Gasteiger partial charge in [-0.05, 0) is 22.6 Å². The summed E-state index contributed by atoms with van der Waals surface area (Å²) in [7, 11) is 0. The molecule has 7 nitrogen and oxygen atoms in total. The highest BCUT2D eigenvalue weighted by Crippen LogP contribution is 2.28. The maximum atomic E-state index is 11.2. The second-order valence-electron chi connectivity index (χ2n) is 4.54. The van der Waals surface area contributed by atoms with E-state index >= 15 is 0 Å². The lowest BCUT2D eigenvalue weighted by molar-refractivity contribution is -0.389. The van der Waals surface area contributed by atoms with Gasteiger partial charge in [0.2, 0.25) is 5.82 Å². The van der Waals surface area contributed by atoms with Crippen molar-refractivity contribution >= 4 is 39.5 Å². The van der Waals surface area contributed by atoms with Gasteiger partial charge >= 0.3 is 5.82 Å². The van der Waals surface area contributed by atoms with E-state index in [1.54, 1.807) is 35.8 Å². The van der Waals surface area contributed by atoms with Crippen LogP contribution in [0.25, 0.3) is 4.96 Å². The predicted molar refractivity (Wildman–Crippen MR) is 84.6 cm³/mol. The van der Waals surface area contributed by atoms with Crippen molar-refractivity contribution in [1.29, 1.82) is 0 Å². The number of benzene rings is 1. The first kappa shape index (κ1) is 14.8. The van der Waals surface area contributed by atoms with Gasteiger partial charge in [-0.25, -0.2) is 0 Å². The van der Waals surface area contributed by atoms with E-state index in [0.717, 1.165) is 0 Å². The van der Waals surface area contributed by atoms with Gasteiger partial charge in [-0.3, -0.25) is 0 Å². The number of rotatable bonds is 5. The number of thiazole rings is 1. The third-order valence-electron chi connectivity index (χ3n) is 3.13. The number of anilines is 1. The van der Waals surface area contributed by atoms with Crippen LogP contribution < -0.4 is 5.32 Å². The Morgan fingerprint density at radius 2 is 2.18 bits per heavy atom. The Hall–Kier alpha value is -2.16. The highest BCUT2D eigenvalue weighted by atomic mass is 35.5. The molecule has 0 saturated carbocycles. The first-order valence-corrected chi connectivity index (χ1v) is 7.59. The molecule has 0 aliphatic heterocycles. The van der Waals surface area contributed by atoms with Crippen molar-refractivity contribution in [3.05, 3.63) is 56.5 Å². The Morgan fingerprint density at radius 1 is 1.45 bits per heavy atom. The Kier molecular flexibility index (Phi) is 3.97. The number of fused-ring (bicyclic) bond motifs is 1. The normalized spacial score (nSPS) is 12.5. The van der Waals surface area contributed by atoms with Crippen molar-refractivity contribution in [3.8, 4) is 0 Å². The largest absolute Gasteiger partial charge is 0.387 e. The van der Waals surface area contributed by atoms with Crippen LogP contribution in [0.1, 0.15) is 11.7 Å². The molecule has 2 aromatic heterocycles. The van der Waals surface area contributed by atoms with Gasteiger partial charge < -0.3 is 20.5 Å². The maximum absolute atomic E-state index is 11.2. The third kappa shape index (κ3) is 2.76. The Balaban J connectivity index is 1.78. The minimum Gasteiger partial charge on any atom is -0.387 e. The van der Waals surface area contributed by atoms with Crippen molar-refractivity contribution in [3.63, 3.8) is 0 Å². The molecular weight excluding hydrogens is 328 g/mol. The number of aliphatic hydroxyl groups excluding tert-OH is 1. The van der Waals surface area contributed by atoms with Crippen LogP contribution in [-0.4, -0.2) is 26.0 Å². The quantitative estimate of drug-likeness (QED) is 0.551. The summed E-state index contributed by atoms with van der Waals surface area (Å²) in [5.41, 5.74) is 0.667. The molecular formula is C13H11ClN4O3S. The summed E-state index contributed by atoms with van der Waals surface area (Å²) in [6.45, 7) is 0.104. The van der Waals surface area contributed by atoms with Gasteiger partial charge in [-0.1, -0.05) is 35.1 Å². The summed E-state index contributed by atoms with van der Waals surface area (Å²) in [6, 6.07) is 6.76. The number of halogens is 1. The zero-order valence-electron chi connectivity index (χ0n) is 11.1. The van der Waals surface area contributed by atoms with E-state index in [1.807, 2.05) is 0 Å². The van der Waals surface area contributed by atoms with Gasteiger partial charge in [0.15, 0.2) is 0 Å². The highest BCUT2D eigenvalue weighted by Gasteiger charge is 2.24. The van der Waals surface area contributed by atoms with Crippen molar-refractivity contribution < 1.29 is 10.0 Å². The summed E-state index contributed by atoms with van der Waals surface area (Å²) < 4.78 is 1.40.